The van der Waals surface area contributed by atoms with Crippen LogP contribution >= 0.6 is 0 Å². The van der Waals surface area contributed by atoms with Gasteiger partial charge in [0.05, 0.1) is 25.5 Å². The maximum Gasteiger partial charge on any atom is 0.258 e. The second-order valence-corrected chi connectivity index (χ2v) is 4.38. The van der Waals surface area contributed by atoms with Crippen molar-refractivity contribution in [1.82, 2.24) is 9.88 Å². The van der Waals surface area contributed by atoms with Crippen molar-refractivity contribution >= 4 is 5.91 Å². The first-order valence-corrected chi connectivity index (χ1v) is 6.17. The van der Waals surface area contributed by atoms with Gasteiger partial charge in [0.1, 0.15) is 5.75 Å². The van der Waals surface area contributed by atoms with Gasteiger partial charge >= 0.3 is 0 Å². The molecule has 1 amide bonds. The van der Waals surface area contributed by atoms with Gasteiger partial charge in [-0.05, 0) is 25.3 Å². The topological polar surface area (TPSA) is 62.7 Å². The molecule has 1 aliphatic carbocycles. The number of rotatable bonds is 5. The molecule has 5 heteroatoms. The molecule has 0 saturated heterocycles. The van der Waals surface area contributed by atoms with Gasteiger partial charge in [0.15, 0.2) is 0 Å². The molecule has 18 heavy (non-hydrogen) atoms. The molecule has 98 valence electrons. The first-order chi connectivity index (χ1) is 8.77. The number of aromatic nitrogens is 1. The fourth-order valence-electron chi connectivity index (χ4n) is 2.13. The maximum atomic E-state index is 12.5. The zero-order valence-corrected chi connectivity index (χ0v) is 10.5. The molecule has 0 bridgehead atoms. The van der Waals surface area contributed by atoms with Gasteiger partial charge in [0.2, 0.25) is 0 Å². The van der Waals surface area contributed by atoms with Crippen LogP contribution in [-0.2, 0) is 0 Å². The second-order valence-electron chi connectivity index (χ2n) is 4.38. The third kappa shape index (κ3) is 2.46. The molecule has 0 aromatic carbocycles. The Bertz CT molecular complexity index is 418. The van der Waals surface area contributed by atoms with Crippen molar-refractivity contribution in [3.05, 3.63) is 24.0 Å². The molecular formula is C13H18N2O3. The van der Waals surface area contributed by atoms with Crippen LogP contribution in [0.15, 0.2) is 18.5 Å². The van der Waals surface area contributed by atoms with Crippen LogP contribution in [0.4, 0.5) is 0 Å². The predicted octanol–water partition coefficient (Wildman–Crippen LogP) is 1.08. The van der Waals surface area contributed by atoms with Gasteiger partial charge in [-0.3, -0.25) is 9.78 Å². The Morgan fingerprint density at radius 3 is 2.94 bits per heavy atom. The molecular weight excluding hydrogens is 232 g/mol. The van der Waals surface area contributed by atoms with Crippen LogP contribution in [0.2, 0.25) is 0 Å². The maximum absolute atomic E-state index is 12.5. The standard InChI is InChI=1S/C13H18N2O3/c1-18-12-9-14-6-5-11(12)13(17)15(7-8-16)10-3-2-4-10/h5-6,9-10,16H,2-4,7-8H2,1H3. The number of nitrogens with zero attached hydrogens (tertiary/aromatic N) is 2. The first-order valence-electron chi connectivity index (χ1n) is 6.17. The Balaban J connectivity index is 2.21. The Morgan fingerprint density at radius 1 is 1.61 bits per heavy atom. The number of carbonyl (C=O) groups is 1. The van der Waals surface area contributed by atoms with E-state index in [9.17, 15) is 4.79 Å². The monoisotopic (exact) mass is 250 g/mol. The van der Waals surface area contributed by atoms with Gasteiger partial charge in [0.25, 0.3) is 5.91 Å². The summed E-state index contributed by atoms with van der Waals surface area (Å²) in [7, 11) is 1.52. The number of amides is 1. The van der Waals surface area contributed by atoms with Crippen molar-refractivity contribution in [3.63, 3.8) is 0 Å². The number of hydrogen-bond donors (Lipinski definition) is 1. The van der Waals surface area contributed by atoms with Gasteiger partial charge < -0.3 is 14.7 Å². The average molecular weight is 250 g/mol. The molecule has 1 N–H and O–H groups in total. The minimum atomic E-state index is -0.0898. The molecule has 0 unspecified atom stereocenters. The average Bonchev–Trinajstić information content (AvgIpc) is 2.35. The normalized spacial score (nSPS) is 15.0. The molecule has 2 rings (SSSR count). The van der Waals surface area contributed by atoms with E-state index in [0.29, 0.717) is 17.9 Å². The predicted molar refractivity (Wildman–Crippen MR) is 66.6 cm³/mol. The first kappa shape index (κ1) is 12.8. The van der Waals surface area contributed by atoms with Crippen molar-refractivity contribution in [1.29, 1.82) is 0 Å². The fourth-order valence-corrected chi connectivity index (χ4v) is 2.13. The minimum absolute atomic E-state index is 0.0182. The van der Waals surface area contributed by atoms with E-state index >= 15 is 0 Å². The van der Waals surface area contributed by atoms with Crippen LogP contribution in [-0.4, -0.2) is 47.2 Å². The van der Waals surface area contributed by atoms with Crippen molar-refractivity contribution in [3.8, 4) is 5.75 Å². The van der Waals surface area contributed by atoms with E-state index in [1.54, 1.807) is 17.2 Å². The van der Waals surface area contributed by atoms with Crippen molar-refractivity contribution in [2.75, 3.05) is 20.3 Å². The SMILES string of the molecule is COc1cnccc1C(=O)N(CCO)C1CCC1. The van der Waals surface area contributed by atoms with Gasteiger partial charge in [0, 0.05) is 18.8 Å². The van der Waals surface area contributed by atoms with E-state index in [2.05, 4.69) is 4.98 Å². The molecule has 1 aliphatic rings. The minimum Gasteiger partial charge on any atom is -0.494 e. The van der Waals surface area contributed by atoms with Crippen LogP contribution in [0, 0.1) is 0 Å². The Hall–Kier alpha value is -1.62. The molecule has 0 aliphatic heterocycles. The quantitative estimate of drug-likeness (QED) is 0.849. The molecule has 1 aromatic rings. The second kappa shape index (κ2) is 5.82. The third-order valence-electron chi connectivity index (χ3n) is 3.35. The fraction of sp³-hybridized carbons (Fsp3) is 0.538. The molecule has 1 saturated carbocycles. The smallest absolute Gasteiger partial charge is 0.258 e. The number of pyridine rings is 1. The molecule has 1 heterocycles. The molecule has 0 spiro atoms. The zero-order chi connectivity index (χ0) is 13.0. The number of ether oxygens (including phenoxy) is 1. The van der Waals surface area contributed by atoms with E-state index in [4.69, 9.17) is 9.84 Å². The molecule has 1 aromatic heterocycles. The number of carbonyl (C=O) groups excluding carboxylic acids is 1. The Morgan fingerprint density at radius 2 is 2.39 bits per heavy atom. The summed E-state index contributed by atoms with van der Waals surface area (Å²) in [6.07, 6.45) is 6.28. The van der Waals surface area contributed by atoms with Gasteiger partial charge in [-0.25, -0.2) is 0 Å². The summed E-state index contributed by atoms with van der Waals surface area (Å²) in [5, 5.41) is 9.09. The van der Waals surface area contributed by atoms with E-state index in [0.717, 1.165) is 19.3 Å². The Kier molecular flexibility index (Phi) is 4.15. The molecule has 5 nitrogen and oxygen atoms in total. The van der Waals surface area contributed by atoms with E-state index in [1.165, 1.54) is 13.3 Å². The van der Waals surface area contributed by atoms with Gasteiger partial charge in [-0.15, -0.1) is 0 Å². The summed E-state index contributed by atoms with van der Waals surface area (Å²) in [4.78, 5) is 18.1. The molecule has 1 fully saturated rings. The zero-order valence-electron chi connectivity index (χ0n) is 10.5. The number of aliphatic hydroxyl groups is 1. The highest BCUT2D eigenvalue weighted by molar-refractivity contribution is 5.97. The van der Waals surface area contributed by atoms with E-state index in [-0.39, 0.29) is 18.6 Å². The summed E-state index contributed by atoms with van der Waals surface area (Å²) in [5.41, 5.74) is 0.507. The highest BCUT2D eigenvalue weighted by atomic mass is 16.5. The summed E-state index contributed by atoms with van der Waals surface area (Å²) in [6, 6.07) is 1.91. The number of hydrogen-bond acceptors (Lipinski definition) is 4. The van der Waals surface area contributed by atoms with Gasteiger partial charge in [-0.1, -0.05) is 0 Å². The lowest BCUT2D eigenvalue weighted by Gasteiger charge is -2.37. The highest BCUT2D eigenvalue weighted by Gasteiger charge is 2.30. The molecule has 0 atom stereocenters. The number of aliphatic hydroxyl groups excluding tert-OH is 1. The van der Waals surface area contributed by atoms with Gasteiger partial charge in [-0.2, -0.15) is 0 Å². The summed E-state index contributed by atoms with van der Waals surface area (Å²) < 4.78 is 5.15. The third-order valence-corrected chi connectivity index (χ3v) is 3.35. The van der Waals surface area contributed by atoms with Crippen LogP contribution < -0.4 is 4.74 Å². The van der Waals surface area contributed by atoms with Crippen LogP contribution in [0.3, 0.4) is 0 Å². The van der Waals surface area contributed by atoms with Crippen LogP contribution in [0.1, 0.15) is 29.6 Å². The lowest BCUT2D eigenvalue weighted by atomic mass is 9.91. The highest BCUT2D eigenvalue weighted by Crippen LogP contribution is 2.27. The van der Waals surface area contributed by atoms with Crippen molar-refractivity contribution < 1.29 is 14.6 Å². The summed E-state index contributed by atoms with van der Waals surface area (Å²) in [5.74, 6) is 0.387. The lowest BCUT2D eigenvalue weighted by Crippen LogP contribution is -2.45. The molecule has 0 radical (unpaired) electrons. The summed E-state index contributed by atoms with van der Waals surface area (Å²) >= 11 is 0. The van der Waals surface area contributed by atoms with E-state index < -0.39 is 0 Å². The largest absolute Gasteiger partial charge is 0.494 e. The van der Waals surface area contributed by atoms with E-state index in [1.807, 2.05) is 0 Å². The van der Waals surface area contributed by atoms with Crippen molar-refractivity contribution in [2.24, 2.45) is 0 Å². The lowest BCUT2D eigenvalue weighted by molar-refractivity contribution is 0.0522. The summed E-state index contributed by atoms with van der Waals surface area (Å²) in [6.45, 7) is 0.352. The van der Waals surface area contributed by atoms with Crippen LogP contribution in [0.5, 0.6) is 5.75 Å². The van der Waals surface area contributed by atoms with Crippen molar-refractivity contribution in [2.45, 2.75) is 25.3 Å². The number of methoxy groups -OCH3 is 1. The Labute approximate surface area is 106 Å². The van der Waals surface area contributed by atoms with Crippen LogP contribution in [0.25, 0.3) is 0 Å².